The molecule has 6 nitrogen and oxygen atoms in total. The number of allylic oxidation sites excluding steroid dienone is 4. The Bertz CT molecular complexity index is 1710. The number of hydrogen-bond acceptors (Lipinski definition) is 6. The summed E-state index contributed by atoms with van der Waals surface area (Å²) in [5.74, 6) is 1.05. The van der Waals surface area contributed by atoms with Crippen molar-refractivity contribution in [1.82, 2.24) is 4.90 Å². The Labute approximate surface area is 273 Å². The third-order valence-corrected chi connectivity index (χ3v) is 9.92. The van der Waals surface area contributed by atoms with Gasteiger partial charge in [-0.2, -0.15) is 0 Å². The van der Waals surface area contributed by atoms with Crippen molar-refractivity contribution in [3.8, 4) is 11.5 Å². The van der Waals surface area contributed by atoms with Crippen LogP contribution >= 0.6 is 0 Å². The summed E-state index contributed by atoms with van der Waals surface area (Å²) in [6.45, 7) is 12.5. The van der Waals surface area contributed by atoms with E-state index in [-0.39, 0.29) is 22.4 Å². The van der Waals surface area contributed by atoms with Gasteiger partial charge in [-0.25, -0.2) is 0 Å². The number of rotatable bonds is 9. The molecule has 3 aromatic rings. The molecule has 0 unspecified atom stereocenters. The molecule has 0 saturated heterocycles. The van der Waals surface area contributed by atoms with Gasteiger partial charge in [0.1, 0.15) is 6.61 Å². The number of hydrogen-bond donors (Lipinski definition) is 0. The number of methoxy groups -OCH3 is 2. The number of fused-ring (bicyclic) bond motifs is 1. The molecular formula is C40H47NO5. The standard InChI is InChI=1S/C40H47NO5/c1-25-13-14-26-11-8-9-12-28(26)29(25)24-46-34-16-15-27(19-35(34)45-7)36-37-30(20-39(2,3)22-32(37)42)41(17-10-18-44-6)31-21-40(4,5)23-33(43)38(31)36/h8-9,11-16,19,36H,10,17-18,20-24H2,1-7H3. The van der Waals surface area contributed by atoms with Crippen molar-refractivity contribution in [2.45, 2.75) is 79.2 Å². The van der Waals surface area contributed by atoms with Gasteiger partial charge in [-0.1, -0.05) is 70.2 Å². The summed E-state index contributed by atoms with van der Waals surface area (Å²) >= 11 is 0. The lowest BCUT2D eigenvalue weighted by atomic mass is 9.63. The van der Waals surface area contributed by atoms with Crippen LogP contribution in [0, 0.1) is 17.8 Å². The third kappa shape index (κ3) is 6.00. The van der Waals surface area contributed by atoms with E-state index in [2.05, 4.69) is 69.9 Å². The van der Waals surface area contributed by atoms with Gasteiger partial charge in [-0.15, -0.1) is 0 Å². The van der Waals surface area contributed by atoms with Crippen LogP contribution in [0.15, 0.2) is 77.1 Å². The molecular weight excluding hydrogens is 574 g/mol. The minimum Gasteiger partial charge on any atom is -0.493 e. The van der Waals surface area contributed by atoms with E-state index in [1.54, 1.807) is 14.2 Å². The molecule has 0 saturated carbocycles. The average Bonchev–Trinajstić information content (AvgIpc) is 2.99. The Morgan fingerprint density at radius 3 is 2.09 bits per heavy atom. The second-order valence-electron chi connectivity index (χ2n) is 14.8. The smallest absolute Gasteiger partial charge is 0.162 e. The van der Waals surface area contributed by atoms with E-state index < -0.39 is 5.92 Å². The minimum absolute atomic E-state index is 0.128. The number of carbonyl (C=O) groups excluding carboxylic acids is 2. The number of ether oxygens (including phenoxy) is 3. The van der Waals surface area contributed by atoms with Crippen LogP contribution in [0.2, 0.25) is 0 Å². The first-order valence-corrected chi connectivity index (χ1v) is 16.5. The lowest BCUT2D eigenvalue weighted by Gasteiger charge is -2.49. The second kappa shape index (κ2) is 12.4. The lowest BCUT2D eigenvalue weighted by molar-refractivity contribution is -0.119. The molecule has 242 valence electrons. The zero-order valence-electron chi connectivity index (χ0n) is 28.4. The molecule has 6 heteroatoms. The molecule has 1 aliphatic heterocycles. The first-order chi connectivity index (χ1) is 21.9. The van der Waals surface area contributed by atoms with Crippen LogP contribution < -0.4 is 9.47 Å². The predicted octanol–water partition coefficient (Wildman–Crippen LogP) is 8.46. The molecule has 0 N–H and O–H groups in total. The van der Waals surface area contributed by atoms with E-state index in [1.807, 2.05) is 24.3 Å². The molecule has 0 aromatic heterocycles. The first kappa shape index (κ1) is 32.1. The summed E-state index contributed by atoms with van der Waals surface area (Å²) in [6, 6.07) is 18.6. The van der Waals surface area contributed by atoms with E-state index in [9.17, 15) is 9.59 Å². The van der Waals surface area contributed by atoms with E-state index >= 15 is 0 Å². The van der Waals surface area contributed by atoms with E-state index in [0.717, 1.165) is 52.9 Å². The Morgan fingerprint density at radius 2 is 1.46 bits per heavy atom. The maximum Gasteiger partial charge on any atom is 0.162 e. The fraction of sp³-hybridized carbons (Fsp3) is 0.450. The topological polar surface area (TPSA) is 65.1 Å². The van der Waals surface area contributed by atoms with Crippen LogP contribution in [-0.4, -0.2) is 43.8 Å². The SMILES string of the molecule is COCCCN1C2=C(C(=O)CC(C)(C)C2)C(c2ccc(OCc3c(C)ccc4ccccc34)c(OC)c2)C2=C1CC(C)(C)CC2=O. The Hall–Kier alpha value is -3.90. The van der Waals surface area contributed by atoms with Crippen molar-refractivity contribution in [1.29, 1.82) is 0 Å². The molecule has 0 radical (unpaired) electrons. The molecule has 0 fully saturated rings. The van der Waals surface area contributed by atoms with Gasteiger partial charge in [0.25, 0.3) is 0 Å². The van der Waals surface area contributed by atoms with Gasteiger partial charge in [-0.05, 0) is 71.0 Å². The van der Waals surface area contributed by atoms with Crippen molar-refractivity contribution >= 4 is 22.3 Å². The van der Waals surface area contributed by atoms with Crippen molar-refractivity contribution < 1.29 is 23.8 Å². The Balaban J connectivity index is 1.43. The number of benzene rings is 3. The molecule has 0 bridgehead atoms. The van der Waals surface area contributed by atoms with Crippen LogP contribution in [0.1, 0.15) is 82.4 Å². The van der Waals surface area contributed by atoms with Gasteiger partial charge >= 0.3 is 0 Å². The van der Waals surface area contributed by atoms with Gasteiger partial charge in [0.2, 0.25) is 0 Å². The summed E-state index contributed by atoms with van der Waals surface area (Å²) in [7, 11) is 3.36. The molecule has 0 atom stereocenters. The number of ketones is 2. The summed E-state index contributed by atoms with van der Waals surface area (Å²) < 4.78 is 17.7. The minimum atomic E-state index is -0.431. The second-order valence-corrected chi connectivity index (χ2v) is 14.8. The molecule has 3 aliphatic rings. The van der Waals surface area contributed by atoms with E-state index in [0.29, 0.717) is 44.1 Å². The molecule has 1 heterocycles. The highest BCUT2D eigenvalue weighted by atomic mass is 16.5. The van der Waals surface area contributed by atoms with Gasteiger partial charge in [0.05, 0.1) is 7.11 Å². The monoisotopic (exact) mass is 621 g/mol. The zero-order chi connectivity index (χ0) is 32.8. The maximum absolute atomic E-state index is 14.1. The third-order valence-electron chi connectivity index (χ3n) is 9.92. The number of Topliss-reactive ketones (excluding diaryl/α,β-unsaturated/α-hetero) is 2. The molecule has 3 aromatic carbocycles. The molecule has 0 spiro atoms. The lowest BCUT2D eigenvalue weighted by Crippen LogP contribution is -2.44. The summed E-state index contributed by atoms with van der Waals surface area (Å²) in [6.07, 6.45) is 3.30. The van der Waals surface area contributed by atoms with Crippen LogP contribution in [-0.2, 0) is 20.9 Å². The number of aryl methyl sites for hydroxylation is 1. The fourth-order valence-electron chi connectivity index (χ4n) is 7.79. The Morgan fingerprint density at radius 1 is 0.804 bits per heavy atom. The molecule has 46 heavy (non-hydrogen) atoms. The highest BCUT2D eigenvalue weighted by Gasteiger charge is 2.49. The summed E-state index contributed by atoms with van der Waals surface area (Å²) in [5.41, 5.74) is 6.54. The number of carbonyl (C=O) groups is 2. The fourth-order valence-corrected chi connectivity index (χ4v) is 7.79. The zero-order valence-corrected chi connectivity index (χ0v) is 28.4. The quantitative estimate of drug-likeness (QED) is 0.223. The van der Waals surface area contributed by atoms with Crippen LogP contribution in [0.5, 0.6) is 11.5 Å². The van der Waals surface area contributed by atoms with Crippen molar-refractivity contribution in [2.24, 2.45) is 10.8 Å². The molecule has 6 rings (SSSR count). The van der Waals surface area contributed by atoms with Crippen LogP contribution in [0.3, 0.4) is 0 Å². The maximum atomic E-state index is 14.1. The van der Waals surface area contributed by atoms with E-state index in [4.69, 9.17) is 14.2 Å². The van der Waals surface area contributed by atoms with Gasteiger partial charge in [-0.3, -0.25) is 9.59 Å². The molecule has 2 aliphatic carbocycles. The Kier molecular flexibility index (Phi) is 8.62. The van der Waals surface area contributed by atoms with Gasteiger partial charge < -0.3 is 19.1 Å². The highest BCUT2D eigenvalue weighted by Crippen LogP contribution is 2.55. The van der Waals surface area contributed by atoms with Crippen LogP contribution in [0.4, 0.5) is 0 Å². The van der Waals surface area contributed by atoms with Crippen molar-refractivity contribution in [3.63, 3.8) is 0 Å². The molecule has 0 amide bonds. The van der Waals surface area contributed by atoms with E-state index in [1.165, 1.54) is 16.3 Å². The average molecular weight is 622 g/mol. The van der Waals surface area contributed by atoms with Gasteiger partial charge in [0, 0.05) is 67.1 Å². The van der Waals surface area contributed by atoms with Gasteiger partial charge in [0.15, 0.2) is 23.1 Å². The largest absolute Gasteiger partial charge is 0.493 e. The predicted molar refractivity (Wildman–Crippen MR) is 182 cm³/mol. The summed E-state index contributed by atoms with van der Waals surface area (Å²) in [5, 5.41) is 2.35. The highest BCUT2D eigenvalue weighted by molar-refractivity contribution is 6.06. The number of nitrogens with zero attached hydrogens (tertiary/aromatic N) is 1. The first-order valence-electron chi connectivity index (χ1n) is 16.5. The van der Waals surface area contributed by atoms with Crippen molar-refractivity contribution in [3.05, 3.63) is 93.8 Å². The van der Waals surface area contributed by atoms with Crippen LogP contribution in [0.25, 0.3) is 10.8 Å². The summed E-state index contributed by atoms with van der Waals surface area (Å²) in [4.78, 5) is 30.6. The normalized spacial score (nSPS) is 19.4. The van der Waals surface area contributed by atoms with Crippen molar-refractivity contribution in [2.75, 3.05) is 27.4 Å².